The molecule has 0 bridgehead atoms. The molecule has 2 N–H and O–H groups in total. The quantitative estimate of drug-likeness (QED) is 0.768. The number of anilines is 1. The van der Waals surface area contributed by atoms with E-state index in [-0.39, 0.29) is 0 Å². The van der Waals surface area contributed by atoms with E-state index in [1.807, 2.05) is 6.92 Å². The highest BCUT2D eigenvalue weighted by atomic mass is 19.4. The maximum atomic E-state index is 12.4. The molecule has 0 saturated carbocycles. The second kappa shape index (κ2) is 4.55. The van der Waals surface area contributed by atoms with Crippen molar-refractivity contribution in [2.75, 3.05) is 5.73 Å². The van der Waals surface area contributed by atoms with Crippen LogP contribution in [0.4, 0.5) is 18.9 Å². The molecule has 0 radical (unpaired) electrons. The Morgan fingerprint density at radius 1 is 1.27 bits per heavy atom. The molecule has 15 heavy (non-hydrogen) atoms. The molecule has 0 spiro atoms. The highest BCUT2D eigenvalue weighted by Gasteiger charge is 2.30. The van der Waals surface area contributed by atoms with Gasteiger partial charge in [0.15, 0.2) is 0 Å². The van der Waals surface area contributed by atoms with Gasteiger partial charge in [-0.2, -0.15) is 13.2 Å². The lowest BCUT2D eigenvalue weighted by Crippen LogP contribution is -2.06. The Morgan fingerprint density at radius 3 is 2.47 bits per heavy atom. The lowest BCUT2D eigenvalue weighted by molar-refractivity contribution is -0.137. The number of aryl methyl sites for hydroxylation is 1. The van der Waals surface area contributed by atoms with Crippen LogP contribution in [0.2, 0.25) is 0 Å². The van der Waals surface area contributed by atoms with Crippen molar-refractivity contribution in [3.05, 3.63) is 29.3 Å². The van der Waals surface area contributed by atoms with Gasteiger partial charge in [-0.25, -0.2) is 0 Å². The van der Waals surface area contributed by atoms with Crippen LogP contribution < -0.4 is 5.73 Å². The standard InChI is InChI=1S/C11H14F3N/c1-2-3-4-8-7-9(11(12,13)14)5-6-10(8)15/h5-7H,2-4,15H2,1H3. The summed E-state index contributed by atoms with van der Waals surface area (Å²) in [6.07, 6.45) is -1.89. The molecule has 0 aliphatic rings. The van der Waals surface area contributed by atoms with E-state index in [1.165, 1.54) is 6.07 Å². The Morgan fingerprint density at radius 2 is 1.93 bits per heavy atom. The summed E-state index contributed by atoms with van der Waals surface area (Å²) in [6.45, 7) is 1.99. The Labute approximate surface area is 87.1 Å². The highest BCUT2D eigenvalue weighted by Crippen LogP contribution is 2.31. The molecule has 84 valence electrons. The van der Waals surface area contributed by atoms with Crippen LogP contribution in [0.1, 0.15) is 30.9 Å². The van der Waals surface area contributed by atoms with E-state index in [0.29, 0.717) is 17.7 Å². The summed E-state index contributed by atoms with van der Waals surface area (Å²) in [6, 6.07) is 3.49. The number of benzene rings is 1. The molecule has 1 rings (SSSR count). The van der Waals surface area contributed by atoms with Gasteiger partial charge in [0.25, 0.3) is 0 Å². The van der Waals surface area contributed by atoms with Crippen LogP contribution in [0, 0.1) is 0 Å². The molecule has 0 aliphatic heterocycles. The topological polar surface area (TPSA) is 26.0 Å². The third kappa shape index (κ3) is 3.15. The minimum Gasteiger partial charge on any atom is -0.399 e. The third-order valence-corrected chi connectivity index (χ3v) is 2.27. The lowest BCUT2D eigenvalue weighted by Gasteiger charge is -2.10. The van der Waals surface area contributed by atoms with Gasteiger partial charge in [0.1, 0.15) is 0 Å². The van der Waals surface area contributed by atoms with E-state index in [9.17, 15) is 13.2 Å². The Bertz CT molecular complexity index is 331. The molecular weight excluding hydrogens is 203 g/mol. The van der Waals surface area contributed by atoms with Gasteiger partial charge >= 0.3 is 6.18 Å². The van der Waals surface area contributed by atoms with E-state index in [4.69, 9.17) is 5.73 Å². The molecule has 4 heteroatoms. The van der Waals surface area contributed by atoms with E-state index in [2.05, 4.69) is 0 Å². The Hall–Kier alpha value is -1.19. The normalized spacial score (nSPS) is 11.7. The van der Waals surface area contributed by atoms with Gasteiger partial charge in [-0.1, -0.05) is 13.3 Å². The average molecular weight is 217 g/mol. The Kier molecular flexibility index (Phi) is 3.61. The number of hydrogen-bond donors (Lipinski definition) is 1. The summed E-state index contributed by atoms with van der Waals surface area (Å²) in [4.78, 5) is 0. The van der Waals surface area contributed by atoms with Crippen molar-refractivity contribution in [1.82, 2.24) is 0 Å². The SMILES string of the molecule is CCCCc1cc(C(F)(F)F)ccc1N. The molecule has 0 fully saturated rings. The summed E-state index contributed by atoms with van der Waals surface area (Å²) >= 11 is 0. The minimum atomic E-state index is -4.28. The van der Waals surface area contributed by atoms with Crippen LogP contribution in [0.25, 0.3) is 0 Å². The average Bonchev–Trinajstić information content (AvgIpc) is 2.15. The number of nitrogens with two attached hydrogens (primary N) is 1. The number of hydrogen-bond acceptors (Lipinski definition) is 1. The lowest BCUT2D eigenvalue weighted by atomic mass is 10.0. The molecule has 0 heterocycles. The number of rotatable bonds is 3. The zero-order valence-corrected chi connectivity index (χ0v) is 8.56. The van der Waals surface area contributed by atoms with Crippen molar-refractivity contribution in [2.45, 2.75) is 32.4 Å². The van der Waals surface area contributed by atoms with Crippen LogP contribution in [0.5, 0.6) is 0 Å². The van der Waals surface area contributed by atoms with Crippen molar-refractivity contribution in [2.24, 2.45) is 0 Å². The molecule has 1 aromatic rings. The monoisotopic (exact) mass is 217 g/mol. The van der Waals surface area contributed by atoms with Gasteiger partial charge in [-0.15, -0.1) is 0 Å². The van der Waals surface area contributed by atoms with Crippen LogP contribution in [-0.4, -0.2) is 0 Å². The maximum Gasteiger partial charge on any atom is 0.416 e. The first-order chi connectivity index (χ1) is 6.95. The predicted molar refractivity (Wildman–Crippen MR) is 54.5 cm³/mol. The summed E-state index contributed by atoms with van der Waals surface area (Å²) in [5, 5.41) is 0. The first-order valence-corrected chi connectivity index (χ1v) is 4.90. The molecule has 0 unspecified atom stereocenters. The zero-order chi connectivity index (χ0) is 11.5. The number of nitrogen functional groups attached to an aromatic ring is 1. The Balaban J connectivity index is 2.95. The van der Waals surface area contributed by atoms with Gasteiger partial charge in [0, 0.05) is 5.69 Å². The third-order valence-electron chi connectivity index (χ3n) is 2.27. The fourth-order valence-corrected chi connectivity index (χ4v) is 1.37. The smallest absolute Gasteiger partial charge is 0.399 e. The van der Waals surface area contributed by atoms with Crippen molar-refractivity contribution >= 4 is 5.69 Å². The van der Waals surface area contributed by atoms with Gasteiger partial charge in [-0.3, -0.25) is 0 Å². The molecule has 1 nitrogen and oxygen atoms in total. The van der Waals surface area contributed by atoms with Crippen molar-refractivity contribution in [3.8, 4) is 0 Å². The summed E-state index contributed by atoms with van der Waals surface area (Å²) in [5.74, 6) is 0. The molecule has 0 atom stereocenters. The van der Waals surface area contributed by atoms with E-state index in [0.717, 1.165) is 25.0 Å². The van der Waals surface area contributed by atoms with Crippen LogP contribution in [0.3, 0.4) is 0 Å². The summed E-state index contributed by atoms with van der Waals surface area (Å²) in [7, 11) is 0. The number of halogens is 3. The highest BCUT2D eigenvalue weighted by molar-refractivity contribution is 5.49. The van der Waals surface area contributed by atoms with Gasteiger partial charge in [0.2, 0.25) is 0 Å². The van der Waals surface area contributed by atoms with Crippen molar-refractivity contribution in [1.29, 1.82) is 0 Å². The fourth-order valence-electron chi connectivity index (χ4n) is 1.37. The molecule has 0 saturated heterocycles. The van der Waals surface area contributed by atoms with Crippen LogP contribution in [-0.2, 0) is 12.6 Å². The summed E-state index contributed by atoms with van der Waals surface area (Å²) in [5.41, 5.74) is 6.01. The first kappa shape index (κ1) is 11.9. The van der Waals surface area contributed by atoms with Gasteiger partial charge < -0.3 is 5.73 Å². The summed E-state index contributed by atoms with van der Waals surface area (Å²) < 4.78 is 37.1. The van der Waals surface area contributed by atoms with Crippen LogP contribution >= 0.6 is 0 Å². The number of alkyl halides is 3. The molecule has 0 amide bonds. The van der Waals surface area contributed by atoms with Gasteiger partial charge in [-0.05, 0) is 36.6 Å². The van der Waals surface area contributed by atoms with E-state index in [1.54, 1.807) is 0 Å². The second-order valence-electron chi connectivity index (χ2n) is 3.51. The first-order valence-electron chi connectivity index (χ1n) is 4.90. The molecule has 1 aromatic carbocycles. The fraction of sp³-hybridized carbons (Fsp3) is 0.455. The van der Waals surface area contributed by atoms with Crippen molar-refractivity contribution in [3.63, 3.8) is 0 Å². The second-order valence-corrected chi connectivity index (χ2v) is 3.51. The minimum absolute atomic E-state index is 0.441. The molecular formula is C11H14F3N. The maximum absolute atomic E-state index is 12.4. The van der Waals surface area contributed by atoms with E-state index < -0.39 is 11.7 Å². The molecule has 0 aromatic heterocycles. The zero-order valence-electron chi connectivity index (χ0n) is 8.56. The van der Waals surface area contributed by atoms with Gasteiger partial charge in [0.05, 0.1) is 5.56 Å². The van der Waals surface area contributed by atoms with Crippen LogP contribution in [0.15, 0.2) is 18.2 Å². The predicted octanol–water partition coefficient (Wildman–Crippen LogP) is 3.63. The number of unbranched alkanes of at least 4 members (excludes halogenated alkanes) is 1. The van der Waals surface area contributed by atoms with Crippen molar-refractivity contribution < 1.29 is 13.2 Å². The molecule has 0 aliphatic carbocycles. The van der Waals surface area contributed by atoms with E-state index >= 15 is 0 Å². The largest absolute Gasteiger partial charge is 0.416 e.